The van der Waals surface area contributed by atoms with E-state index < -0.39 is 11.9 Å². The Labute approximate surface area is 126 Å². The van der Waals surface area contributed by atoms with Gasteiger partial charge in [-0.2, -0.15) is 5.48 Å². The van der Waals surface area contributed by atoms with Gasteiger partial charge in [-0.1, -0.05) is 29.8 Å². The Morgan fingerprint density at radius 1 is 1.25 bits per heavy atom. The average Bonchev–Trinajstić information content (AvgIpc) is 2.46. The van der Waals surface area contributed by atoms with Crippen LogP contribution < -0.4 is 5.48 Å². The van der Waals surface area contributed by atoms with E-state index in [4.69, 9.17) is 28.0 Å². The van der Waals surface area contributed by atoms with Crippen LogP contribution in [0.1, 0.15) is 16.8 Å². The Bertz CT molecular complexity index is 579. The number of nitrogens with one attached hydrogen (secondary N) is 1. The summed E-state index contributed by atoms with van der Waals surface area (Å²) in [7, 11) is 0. The fourth-order valence-electron chi connectivity index (χ4n) is 1.56. The molecule has 1 aliphatic rings. The topological polar surface area (TPSA) is 55.4 Å². The van der Waals surface area contributed by atoms with Gasteiger partial charge >= 0.3 is 5.97 Å². The number of carbonyl (C=O) groups is 2. The summed E-state index contributed by atoms with van der Waals surface area (Å²) in [6, 6.07) is 6.21. The largest absolute Gasteiger partial charge is 0.362 e. The molecule has 20 heavy (non-hydrogen) atoms. The second-order valence-corrected chi connectivity index (χ2v) is 5.09. The number of allylic oxidation sites excluding steroid dienone is 2. The molecular weight excluding hydrogens is 301 g/mol. The third-order valence-electron chi connectivity index (χ3n) is 2.63. The van der Waals surface area contributed by atoms with Crippen molar-refractivity contribution in [3.63, 3.8) is 0 Å². The normalized spacial score (nSPS) is 17.3. The van der Waals surface area contributed by atoms with Gasteiger partial charge in [0.2, 0.25) is 0 Å². The van der Waals surface area contributed by atoms with E-state index in [1.165, 1.54) is 12.1 Å². The van der Waals surface area contributed by atoms with Crippen LogP contribution in [0.15, 0.2) is 48.1 Å². The number of alkyl halides is 1. The average molecular weight is 312 g/mol. The number of amides is 1. The lowest BCUT2D eigenvalue weighted by molar-refractivity contribution is -0.143. The molecule has 0 fully saturated rings. The first-order valence-corrected chi connectivity index (χ1v) is 6.67. The van der Waals surface area contributed by atoms with Gasteiger partial charge < -0.3 is 4.84 Å². The summed E-state index contributed by atoms with van der Waals surface area (Å²) in [5, 5.41) is 0.405. The van der Waals surface area contributed by atoms with Crippen LogP contribution in [-0.2, 0) is 9.63 Å². The fourth-order valence-corrected chi connectivity index (χ4v) is 1.85. The second kappa shape index (κ2) is 6.59. The Kier molecular flexibility index (Phi) is 4.82. The number of halogens is 2. The molecule has 0 aromatic heterocycles. The third-order valence-corrected chi connectivity index (χ3v) is 3.20. The van der Waals surface area contributed by atoms with Crippen molar-refractivity contribution >= 4 is 35.1 Å². The number of hydrogen-bond acceptors (Lipinski definition) is 3. The van der Waals surface area contributed by atoms with Crippen LogP contribution in [0.25, 0.3) is 0 Å². The molecule has 1 N–H and O–H groups in total. The first-order chi connectivity index (χ1) is 9.56. The van der Waals surface area contributed by atoms with Crippen LogP contribution in [0.3, 0.4) is 0 Å². The van der Waals surface area contributed by atoms with Crippen LogP contribution in [0.5, 0.6) is 0 Å². The summed E-state index contributed by atoms with van der Waals surface area (Å²) in [6.45, 7) is 0. The van der Waals surface area contributed by atoms with Crippen molar-refractivity contribution < 1.29 is 14.4 Å². The van der Waals surface area contributed by atoms with Crippen LogP contribution in [0.4, 0.5) is 0 Å². The number of carbonyl (C=O) groups excluding carboxylic acids is 2. The summed E-state index contributed by atoms with van der Waals surface area (Å²) in [6.07, 6.45) is 5.47. The molecule has 0 saturated carbocycles. The Morgan fingerprint density at radius 2 is 1.95 bits per heavy atom. The lowest BCUT2D eigenvalue weighted by Gasteiger charge is -2.10. The van der Waals surface area contributed by atoms with Crippen molar-refractivity contribution in [3.05, 3.63) is 58.7 Å². The molecule has 0 spiro atoms. The summed E-state index contributed by atoms with van der Waals surface area (Å²) in [5.41, 5.74) is 2.79. The van der Waals surface area contributed by atoms with E-state index in [1.54, 1.807) is 30.4 Å². The van der Waals surface area contributed by atoms with Crippen molar-refractivity contribution in [2.45, 2.75) is 11.8 Å². The third kappa shape index (κ3) is 3.85. The van der Waals surface area contributed by atoms with Crippen molar-refractivity contribution in [2.24, 2.45) is 0 Å². The molecule has 1 aliphatic carbocycles. The van der Waals surface area contributed by atoms with Crippen LogP contribution in [0.2, 0.25) is 5.02 Å². The molecule has 0 saturated heterocycles. The smallest absolute Gasteiger partial charge is 0.335 e. The molecule has 1 amide bonds. The van der Waals surface area contributed by atoms with Gasteiger partial charge in [0.25, 0.3) is 5.91 Å². The predicted molar refractivity (Wildman–Crippen MR) is 76.5 cm³/mol. The zero-order chi connectivity index (χ0) is 14.5. The van der Waals surface area contributed by atoms with E-state index in [0.717, 1.165) is 0 Å². The molecule has 1 aromatic carbocycles. The second-order valence-electron chi connectivity index (χ2n) is 4.10. The monoisotopic (exact) mass is 311 g/mol. The van der Waals surface area contributed by atoms with E-state index in [1.807, 2.05) is 0 Å². The minimum atomic E-state index is -0.632. The number of benzene rings is 1. The lowest BCUT2D eigenvalue weighted by Crippen LogP contribution is -2.27. The lowest BCUT2D eigenvalue weighted by atomic mass is 10.1. The maximum absolute atomic E-state index is 11.7. The standard InChI is InChI=1S/C14H11Cl2NO3/c15-11-5-1-9(2-6-11)13(18)17-20-14(19)10-3-7-12(16)8-4-10/h1-7,12H,8H2,(H,17,18). The SMILES string of the molecule is O=C(ONC(=O)c1ccc(Cl)cc1)C1=CCC(Cl)C=C1. The molecule has 0 heterocycles. The highest BCUT2D eigenvalue weighted by Crippen LogP contribution is 2.16. The highest BCUT2D eigenvalue weighted by molar-refractivity contribution is 6.30. The van der Waals surface area contributed by atoms with Crippen molar-refractivity contribution in [1.82, 2.24) is 5.48 Å². The van der Waals surface area contributed by atoms with Crippen LogP contribution in [0, 0.1) is 0 Å². The molecule has 4 nitrogen and oxygen atoms in total. The van der Waals surface area contributed by atoms with Crippen LogP contribution in [-0.4, -0.2) is 17.3 Å². The van der Waals surface area contributed by atoms with Gasteiger partial charge in [-0.05, 0) is 30.7 Å². The van der Waals surface area contributed by atoms with Crippen molar-refractivity contribution in [3.8, 4) is 0 Å². The number of hydrogen-bond donors (Lipinski definition) is 1. The van der Waals surface area contributed by atoms with E-state index in [-0.39, 0.29) is 5.38 Å². The van der Waals surface area contributed by atoms with E-state index in [2.05, 4.69) is 5.48 Å². The van der Waals surface area contributed by atoms with Gasteiger partial charge in [0, 0.05) is 10.6 Å². The van der Waals surface area contributed by atoms with Gasteiger partial charge in [-0.25, -0.2) is 4.79 Å². The van der Waals surface area contributed by atoms with E-state index >= 15 is 0 Å². The summed E-state index contributed by atoms with van der Waals surface area (Å²) >= 11 is 11.6. The molecule has 0 bridgehead atoms. The highest BCUT2D eigenvalue weighted by Gasteiger charge is 2.15. The Hall–Kier alpha value is -1.78. The van der Waals surface area contributed by atoms with Gasteiger partial charge in [0.15, 0.2) is 0 Å². The van der Waals surface area contributed by atoms with Crippen molar-refractivity contribution in [2.75, 3.05) is 0 Å². The maximum atomic E-state index is 11.7. The van der Waals surface area contributed by atoms with Crippen molar-refractivity contribution in [1.29, 1.82) is 0 Å². The van der Waals surface area contributed by atoms with Gasteiger partial charge in [0.05, 0.1) is 11.0 Å². The maximum Gasteiger partial charge on any atom is 0.362 e. The van der Waals surface area contributed by atoms with Gasteiger partial charge in [-0.3, -0.25) is 4.79 Å². The summed E-state index contributed by atoms with van der Waals surface area (Å²) in [4.78, 5) is 28.1. The zero-order valence-corrected chi connectivity index (χ0v) is 11.8. The molecule has 1 atom stereocenters. The quantitative estimate of drug-likeness (QED) is 0.674. The molecule has 1 unspecified atom stereocenters. The Balaban J connectivity index is 1.89. The van der Waals surface area contributed by atoms with E-state index in [9.17, 15) is 9.59 Å². The number of rotatable bonds is 2. The molecule has 2 rings (SSSR count). The molecule has 0 aliphatic heterocycles. The molecule has 104 valence electrons. The fraction of sp³-hybridized carbons (Fsp3) is 0.143. The molecule has 1 aromatic rings. The van der Waals surface area contributed by atoms with Crippen LogP contribution >= 0.6 is 23.2 Å². The first-order valence-electron chi connectivity index (χ1n) is 5.86. The zero-order valence-electron chi connectivity index (χ0n) is 10.3. The summed E-state index contributed by atoms with van der Waals surface area (Å²) < 4.78 is 0. The molecule has 0 radical (unpaired) electrons. The summed E-state index contributed by atoms with van der Waals surface area (Å²) in [5.74, 6) is -1.15. The van der Waals surface area contributed by atoms with Gasteiger partial charge in [-0.15, -0.1) is 11.6 Å². The predicted octanol–water partition coefficient (Wildman–Crippen LogP) is 3.02. The minimum absolute atomic E-state index is 0.116. The van der Waals surface area contributed by atoms with E-state index in [0.29, 0.717) is 22.6 Å². The van der Waals surface area contributed by atoms with Gasteiger partial charge in [0.1, 0.15) is 0 Å². The first kappa shape index (κ1) is 14.6. The minimum Gasteiger partial charge on any atom is -0.335 e. The molecule has 6 heteroatoms. The number of hydroxylamine groups is 1. The molecular formula is C14H11Cl2NO3. The highest BCUT2D eigenvalue weighted by atomic mass is 35.5. The Morgan fingerprint density at radius 3 is 2.55 bits per heavy atom.